The number of benzene rings is 1. The smallest absolute Gasteiger partial charge is 0.160 e. The summed E-state index contributed by atoms with van der Waals surface area (Å²) >= 11 is 0. The minimum Gasteiger partial charge on any atom is -0.378 e. The van der Waals surface area contributed by atoms with Crippen LogP contribution < -0.4 is 10.3 Å². The molecule has 1 fully saturated rings. The third-order valence-electron chi connectivity index (χ3n) is 5.13. The number of rotatable bonds is 7. The number of aromatic nitrogens is 3. The number of hydrogen-bond donors (Lipinski definition) is 1. The highest BCUT2D eigenvalue weighted by Crippen LogP contribution is 2.26. The Morgan fingerprint density at radius 1 is 1.19 bits per heavy atom. The number of hydrogen-bond acceptors (Lipinski definition) is 6. The molecule has 7 heteroatoms. The number of allylic oxidation sites excluding steroid dienone is 4. The van der Waals surface area contributed by atoms with Crippen LogP contribution in [0.5, 0.6) is 0 Å². The summed E-state index contributed by atoms with van der Waals surface area (Å²) in [5, 5.41) is 9.20. The minimum atomic E-state index is 0.643. The second-order valence-electron chi connectivity index (χ2n) is 7.83. The molecular weight excluding hydrogens is 400 g/mol. The third-order valence-corrected chi connectivity index (χ3v) is 5.13. The van der Waals surface area contributed by atoms with Crippen LogP contribution in [0.25, 0.3) is 16.9 Å². The van der Waals surface area contributed by atoms with Crippen LogP contribution in [0.4, 0.5) is 11.6 Å². The number of morpholine rings is 1. The highest BCUT2D eigenvalue weighted by Gasteiger charge is 2.18. The van der Waals surface area contributed by atoms with Gasteiger partial charge < -0.3 is 9.64 Å². The third kappa shape index (κ3) is 4.95. The summed E-state index contributed by atoms with van der Waals surface area (Å²) in [5.74, 6) is 1.60. The first-order valence-electron chi connectivity index (χ1n) is 10.6. The molecule has 1 saturated heterocycles. The van der Waals surface area contributed by atoms with E-state index in [0.29, 0.717) is 19.0 Å². The van der Waals surface area contributed by atoms with E-state index in [-0.39, 0.29) is 0 Å². The first-order chi connectivity index (χ1) is 15.5. The van der Waals surface area contributed by atoms with Gasteiger partial charge in [0.2, 0.25) is 0 Å². The second-order valence-corrected chi connectivity index (χ2v) is 7.83. The van der Waals surface area contributed by atoms with E-state index in [1.807, 2.05) is 29.6 Å². The van der Waals surface area contributed by atoms with Crippen molar-refractivity contribution < 1.29 is 4.74 Å². The van der Waals surface area contributed by atoms with Gasteiger partial charge in [0, 0.05) is 30.8 Å². The highest BCUT2D eigenvalue weighted by atomic mass is 16.5. The molecule has 0 atom stereocenters. The maximum atomic E-state index is 5.54. The molecule has 164 valence electrons. The van der Waals surface area contributed by atoms with Crippen molar-refractivity contribution in [1.82, 2.24) is 14.6 Å². The fraction of sp³-hybridized carbons (Fsp3) is 0.240. The molecule has 1 N–H and O–H groups in total. The predicted molar refractivity (Wildman–Crippen MR) is 131 cm³/mol. The number of anilines is 2. The molecule has 0 radical (unpaired) electrons. The Bertz CT molecular complexity index is 1180. The van der Waals surface area contributed by atoms with Gasteiger partial charge in [-0.25, -0.2) is 4.98 Å². The monoisotopic (exact) mass is 428 g/mol. The van der Waals surface area contributed by atoms with Crippen LogP contribution in [0, 0.1) is 6.92 Å². The Balaban J connectivity index is 1.71. The summed E-state index contributed by atoms with van der Waals surface area (Å²) in [7, 11) is 0. The fourth-order valence-corrected chi connectivity index (χ4v) is 3.51. The van der Waals surface area contributed by atoms with E-state index < -0.39 is 0 Å². The number of aryl methyl sites for hydroxylation is 1. The molecule has 0 bridgehead atoms. The topological polar surface area (TPSA) is 67.0 Å². The van der Waals surface area contributed by atoms with Crippen molar-refractivity contribution in [3.63, 3.8) is 0 Å². The normalized spacial score (nSPS) is 14.8. The van der Waals surface area contributed by atoms with Gasteiger partial charge in [-0.05, 0) is 19.4 Å². The van der Waals surface area contributed by atoms with E-state index in [1.54, 1.807) is 12.3 Å². The van der Waals surface area contributed by atoms with E-state index in [0.717, 1.165) is 47.0 Å². The average molecular weight is 429 g/mol. The van der Waals surface area contributed by atoms with Crippen molar-refractivity contribution in [2.75, 3.05) is 36.6 Å². The Labute approximate surface area is 188 Å². The summed E-state index contributed by atoms with van der Waals surface area (Å²) in [4.78, 5) is 6.99. The molecular formula is C25H28N6O. The van der Waals surface area contributed by atoms with Crippen molar-refractivity contribution in [3.05, 3.63) is 78.4 Å². The molecule has 1 aliphatic heterocycles. The van der Waals surface area contributed by atoms with Crippen LogP contribution in [0.3, 0.4) is 0 Å². The van der Waals surface area contributed by atoms with E-state index in [9.17, 15) is 0 Å². The van der Waals surface area contributed by atoms with Gasteiger partial charge in [0.1, 0.15) is 5.82 Å². The van der Waals surface area contributed by atoms with Crippen LogP contribution in [0.1, 0.15) is 12.5 Å². The van der Waals surface area contributed by atoms with Crippen LogP contribution in [0.15, 0.2) is 78.0 Å². The SMILES string of the molecule is C=CC(/C=N/Nc1cc(N2CCOCC2)n2nc(-c3ccc(C)cc3)cc2n1)=C\C(=C)C. The summed E-state index contributed by atoms with van der Waals surface area (Å²) in [5.41, 5.74) is 8.76. The molecule has 0 amide bonds. The molecule has 7 nitrogen and oxygen atoms in total. The van der Waals surface area contributed by atoms with Gasteiger partial charge in [0.15, 0.2) is 11.5 Å². The number of ether oxygens (including phenoxy) is 1. The molecule has 1 aromatic carbocycles. The Kier molecular flexibility index (Phi) is 6.47. The number of nitrogens with zero attached hydrogens (tertiary/aromatic N) is 5. The lowest BCUT2D eigenvalue weighted by Crippen LogP contribution is -2.37. The lowest BCUT2D eigenvalue weighted by atomic mass is 10.1. The standard InChI is InChI=1S/C25H28N6O/c1-5-20(14-18(2)3)17-26-28-23-16-25(30-10-12-32-13-11-30)31-24(27-23)15-22(29-31)21-8-6-19(4)7-9-21/h5-9,14-17H,1-2,10-13H2,3-4H3,(H,27,28)/b20-14+,26-17+. The first kappa shape index (κ1) is 21.5. The van der Waals surface area contributed by atoms with E-state index in [2.05, 4.69) is 59.8 Å². The van der Waals surface area contributed by atoms with Gasteiger partial charge in [-0.3, -0.25) is 5.43 Å². The lowest BCUT2D eigenvalue weighted by molar-refractivity contribution is 0.122. The van der Waals surface area contributed by atoms with Crippen molar-refractivity contribution in [3.8, 4) is 11.3 Å². The largest absolute Gasteiger partial charge is 0.378 e. The Morgan fingerprint density at radius 3 is 2.62 bits per heavy atom. The molecule has 0 saturated carbocycles. The van der Waals surface area contributed by atoms with Gasteiger partial charge in [-0.1, -0.05) is 60.7 Å². The van der Waals surface area contributed by atoms with E-state index >= 15 is 0 Å². The van der Waals surface area contributed by atoms with Crippen LogP contribution in [0.2, 0.25) is 0 Å². The lowest BCUT2D eigenvalue weighted by Gasteiger charge is -2.29. The van der Waals surface area contributed by atoms with Crippen LogP contribution in [-0.2, 0) is 4.74 Å². The Morgan fingerprint density at radius 2 is 1.94 bits per heavy atom. The summed E-state index contributed by atoms with van der Waals surface area (Å²) < 4.78 is 7.43. The summed E-state index contributed by atoms with van der Waals surface area (Å²) in [6.07, 6.45) is 5.36. The molecule has 3 heterocycles. The molecule has 0 aliphatic carbocycles. The zero-order valence-corrected chi connectivity index (χ0v) is 18.6. The minimum absolute atomic E-state index is 0.643. The second kappa shape index (κ2) is 9.62. The summed E-state index contributed by atoms with van der Waals surface area (Å²) in [6.45, 7) is 14.7. The van der Waals surface area contributed by atoms with Gasteiger partial charge in [-0.2, -0.15) is 14.7 Å². The van der Waals surface area contributed by atoms with Gasteiger partial charge >= 0.3 is 0 Å². The number of hydrazone groups is 1. The maximum Gasteiger partial charge on any atom is 0.160 e. The molecule has 1 aliphatic rings. The molecule has 4 rings (SSSR count). The van der Waals surface area contributed by atoms with E-state index in [1.165, 1.54) is 5.56 Å². The predicted octanol–water partition coefficient (Wildman–Crippen LogP) is 4.63. The molecule has 3 aromatic rings. The maximum absolute atomic E-state index is 5.54. The van der Waals surface area contributed by atoms with Gasteiger partial charge in [0.25, 0.3) is 0 Å². The van der Waals surface area contributed by atoms with E-state index in [4.69, 9.17) is 14.8 Å². The molecule has 0 spiro atoms. The fourth-order valence-electron chi connectivity index (χ4n) is 3.51. The molecule has 32 heavy (non-hydrogen) atoms. The molecule has 0 unspecified atom stereocenters. The zero-order valence-electron chi connectivity index (χ0n) is 18.6. The van der Waals surface area contributed by atoms with Crippen molar-refractivity contribution in [2.24, 2.45) is 5.10 Å². The van der Waals surface area contributed by atoms with Gasteiger partial charge in [-0.15, -0.1) is 0 Å². The Hall–Kier alpha value is -3.71. The van der Waals surface area contributed by atoms with Gasteiger partial charge in [0.05, 0.1) is 25.1 Å². The number of nitrogens with one attached hydrogen (secondary N) is 1. The van der Waals surface area contributed by atoms with Crippen molar-refractivity contribution >= 4 is 23.5 Å². The highest BCUT2D eigenvalue weighted by molar-refractivity contribution is 5.83. The summed E-state index contributed by atoms with van der Waals surface area (Å²) in [6, 6.07) is 12.3. The first-order valence-corrected chi connectivity index (χ1v) is 10.6. The number of fused-ring (bicyclic) bond motifs is 1. The zero-order chi connectivity index (χ0) is 22.5. The van der Waals surface area contributed by atoms with Crippen molar-refractivity contribution in [2.45, 2.75) is 13.8 Å². The van der Waals surface area contributed by atoms with Crippen LogP contribution >= 0.6 is 0 Å². The van der Waals surface area contributed by atoms with Crippen molar-refractivity contribution in [1.29, 1.82) is 0 Å². The van der Waals surface area contributed by atoms with Crippen LogP contribution in [-0.4, -0.2) is 47.1 Å². The molecule has 2 aromatic heterocycles. The average Bonchev–Trinajstić information content (AvgIpc) is 3.23. The quantitative estimate of drug-likeness (QED) is 0.338.